The van der Waals surface area contributed by atoms with Gasteiger partial charge >= 0.3 is 6.03 Å². The molecule has 0 radical (unpaired) electrons. The number of nitrogens with one attached hydrogen (secondary N) is 2. The van der Waals surface area contributed by atoms with Crippen molar-refractivity contribution in [2.45, 2.75) is 90.3 Å². The molecule has 2 atom stereocenters. The summed E-state index contributed by atoms with van der Waals surface area (Å²) in [6.07, 6.45) is 5.95. The molecule has 1 heterocycles. The van der Waals surface area contributed by atoms with Gasteiger partial charge in [0.15, 0.2) is 0 Å². The van der Waals surface area contributed by atoms with Gasteiger partial charge in [-0.1, -0.05) is 40.0 Å². The van der Waals surface area contributed by atoms with Gasteiger partial charge in [0.25, 0.3) is 0 Å². The van der Waals surface area contributed by atoms with E-state index in [1.807, 2.05) is 32.6 Å². The molecule has 8 nitrogen and oxygen atoms in total. The minimum Gasteiger partial charge on any atom is -0.338 e. The molecule has 0 bridgehead atoms. The van der Waals surface area contributed by atoms with Crippen LogP contribution in [0.1, 0.15) is 72.6 Å². The maximum absolute atomic E-state index is 13.2. The summed E-state index contributed by atoms with van der Waals surface area (Å²) in [6.45, 7) is 8.55. The van der Waals surface area contributed by atoms with Crippen LogP contribution >= 0.6 is 0 Å². The number of rotatable bonds is 6. The van der Waals surface area contributed by atoms with Gasteiger partial charge in [-0.25, -0.2) is 17.5 Å². The Bertz CT molecular complexity index is 724. The Morgan fingerprint density at radius 2 is 1.73 bits per heavy atom. The lowest BCUT2D eigenvalue weighted by atomic mass is 9.83. The summed E-state index contributed by atoms with van der Waals surface area (Å²) in [7, 11) is -0.457. The smallest absolute Gasteiger partial charge is 0.315 e. The number of nitrogens with zero attached hydrogens (tertiary/aromatic N) is 2. The number of sulfonamides is 1. The third-order valence-corrected chi connectivity index (χ3v) is 8.46. The van der Waals surface area contributed by atoms with Crippen LogP contribution in [0.5, 0.6) is 0 Å². The molecule has 2 aliphatic rings. The van der Waals surface area contributed by atoms with Gasteiger partial charge in [0.2, 0.25) is 15.9 Å². The first kappa shape index (κ1) is 24.9. The van der Waals surface area contributed by atoms with Crippen LogP contribution in [0.15, 0.2) is 0 Å². The summed E-state index contributed by atoms with van der Waals surface area (Å²) >= 11 is 0. The maximum atomic E-state index is 13.2. The van der Waals surface area contributed by atoms with Gasteiger partial charge in [-0.2, -0.15) is 0 Å². The highest BCUT2D eigenvalue weighted by Gasteiger charge is 2.42. The lowest BCUT2D eigenvalue weighted by molar-refractivity contribution is -0.136. The minimum absolute atomic E-state index is 0.0683. The normalized spacial score (nSPS) is 23.3. The second-order valence-electron chi connectivity index (χ2n) is 10.3. The van der Waals surface area contributed by atoms with E-state index in [2.05, 4.69) is 10.6 Å². The van der Waals surface area contributed by atoms with Gasteiger partial charge in [0.1, 0.15) is 6.04 Å². The number of hydrogen-bond donors (Lipinski definition) is 2. The van der Waals surface area contributed by atoms with Crippen LogP contribution in [-0.4, -0.2) is 73.6 Å². The molecule has 174 valence electrons. The number of hydrogen-bond acceptors (Lipinski definition) is 4. The number of amides is 3. The molecule has 30 heavy (non-hydrogen) atoms. The molecule has 2 rings (SSSR count). The lowest BCUT2D eigenvalue weighted by Gasteiger charge is -2.40. The van der Waals surface area contributed by atoms with Crippen LogP contribution in [0.4, 0.5) is 4.79 Å². The second kappa shape index (κ2) is 9.42. The van der Waals surface area contributed by atoms with Gasteiger partial charge in [0.05, 0.1) is 11.3 Å². The van der Waals surface area contributed by atoms with Crippen LogP contribution < -0.4 is 10.6 Å². The fourth-order valence-corrected chi connectivity index (χ4v) is 5.81. The topological polar surface area (TPSA) is 98.8 Å². The summed E-state index contributed by atoms with van der Waals surface area (Å²) in [4.78, 5) is 28.1. The van der Waals surface area contributed by atoms with Gasteiger partial charge in [-0.05, 0) is 38.0 Å². The number of urea groups is 1. The first-order chi connectivity index (χ1) is 13.8. The Morgan fingerprint density at radius 3 is 2.20 bits per heavy atom. The predicted molar refractivity (Wildman–Crippen MR) is 119 cm³/mol. The molecular formula is C21H40N4O4S. The van der Waals surface area contributed by atoms with Crippen molar-refractivity contribution in [3.8, 4) is 0 Å². The molecule has 0 aromatic heterocycles. The fraction of sp³-hybridized carbons (Fsp3) is 0.905. The highest BCUT2D eigenvalue weighted by atomic mass is 32.2. The number of carbonyl (C=O) groups excluding carboxylic acids is 2. The van der Waals surface area contributed by atoms with Crippen molar-refractivity contribution >= 4 is 22.0 Å². The van der Waals surface area contributed by atoms with Crippen molar-refractivity contribution in [1.29, 1.82) is 0 Å². The monoisotopic (exact) mass is 444 g/mol. The van der Waals surface area contributed by atoms with Crippen molar-refractivity contribution in [3.63, 3.8) is 0 Å². The molecule has 1 saturated heterocycles. The van der Waals surface area contributed by atoms with E-state index in [4.69, 9.17) is 0 Å². The number of carbonyl (C=O) groups is 2. The minimum atomic E-state index is -3.48. The summed E-state index contributed by atoms with van der Waals surface area (Å²) < 4.78 is 26.4. The van der Waals surface area contributed by atoms with E-state index >= 15 is 0 Å². The van der Waals surface area contributed by atoms with E-state index in [-0.39, 0.29) is 17.7 Å². The third kappa shape index (κ3) is 6.09. The molecule has 9 heteroatoms. The Hall–Kier alpha value is -1.35. The average Bonchev–Trinajstić information content (AvgIpc) is 3.04. The van der Waals surface area contributed by atoms with Crippen LogP contribution in [0, 0.1) is 5.41 Å². The van der Waals surface area contributed by atoms with E-state index in [0.29, 0.717) is 19.4 Å². The van der Waals surface area contributed by atoms with E-state index < -0.39 is 33.1 Å². The Kier molecular flexibility index (Phi) is 7.83. The highest BCUT2D eigenvalue weighted by Crippen LogP contribution is 2.31. The van der Waals surface area contributed by atoms with E-state index in [0.717, 1.165) is 32.1 Å². The zero-order valence-electron chi connectivity index (χ0n) is 19.5. The first-order valence-electron chi connectivity index (χ1n) is 11.1. The van der Waals surface area contributed by atoms with Crippen molar-refractivity contribution in [3.05, 3.63) is 0 Å². The standard InChI is InChI=1S/C21H40N4O4S/c1-16-11-10-14-25(16)18(26)17(20(2,3)4)22-19(27)23-21(12-8-7-9-13-21)15-30(28,29)24(5)6/h16-17H,7-15H2,1-6H3,(H2,22,23,27). The molecule has 0 spiro atoms. The molecule has 2 unspecified atom stereocenters. The van der Waals surface area contributed by atoms with E-state index in [1.165, 1.54) is 18.4 Å². The zero-order valence-corrected chi connectivity index (χ0v) is 20.3. The van der Waals surface area contributed by atoms with Gasteiger partial charge in [-0.3, -0.25) is 4.79 Å². The van der Waals surface area contributed by atoms with Crippen LogP contribution in [0.2, 0.25) is 0 Å². The Balaban J connectivity index is 2.18. The van der Waals surface area contributed by atoms with E-state index in [9.17, 15) is 18.0 Å². The summed E-state index contributed by atoms with van der Waals surface area (Å²) in [5.74, 6) is -0.196. The Labute approximate surface area is 182 Å². The number of likely N-dealkylation sites (tertiary alicyclic amines) is 1. The van der Waals surface area contributed by atoms with Crippen LogP contribution in [0.3, 0.4) is 0 Å². The SMILES string of the molecule is CC1CCCN1C(=O)C(NC(=O)NC1(CS(=O)(=O)N(C)C)CCCCC1)C(C)(C)C. The van der Waals surface area contributed by atoms with Gasteiger partial charge < -0.3 is 15.5 Å². The predicted octanol–water partition coefficient (Wildman–Crippen LogP) is 2.31. The largest absolute Gasteiger partial charge is 0.338 e. The van der Waals surface area contributed by atoms with Crippen LogP contribution in [-0.2, 0) is 14.8 Å². The van der Waals surface area contributed by atoms with E-state index in [1.54, 1.807) is 0 Å². The molecule has 3 amide bonds. The molecule has 0 aromatic carbocycles. The molecular weight excluding hydrogens is 404 g/mol. The quantitative estimate of drug-likeness (QED) is 0.657. The fourth-order valence-electron chi connectivity index (χ4n) is 4.50. The maximum Gasteiger partial charge on any atom is 0.315 e. The van der Waals surface area contributed by atoms with Crippen molar-refractivity contribution < 1.29 is 18.0 Å². The summed E-state index contributed by atoms with van der Waals surface area (Å²) in [6, 6.07) is -0.975. The molecule has 0 aromatic rings. The van der Waals surface area contributed by atoms with Crippen molar-refractivity contribution in [1.82, 2.24) is 19.8 Å². The summed E-state index contributed by atoms with van der Waals surface area (Å²) in [5.41, 5.74) is -1.27. The second-order valence-corrected chi connectivity index (χ2v) is 12.5. The van der Waals surface area contributed by atoms with Gasteiger partial charge in [0, 0.05) is 26.7 Å². The highest BCUT2D eigenvalue weighted by molar-refractivity contribution is 7.89. The molecule has 1 aliphatic heterocycles. The molecule has 1 aliphatic carbocycles. The zero-order chi connectivity index (χ0) is 22.7. The molecule has 2 fully saturated rings. The van der Waals surface area contributed by atoms with Gasteiger partial charge in [-0.15, -0.1) is 0 Å². The van der Waals surface area contributed by atoms with Crippen LogP contribution in [0.25, 0.3) is 0 Å². The third-order valence-electron chi connectivity index (χ3n) is 6.43. The first-order valence-corrected chi connectivity index (χ1v) is 12.7. The van der Waals surface area contributed by atoms with Crippen molar-refractivity contribution in [2.75, 3.05) is 26.4 Å². The Morgan fingerprint density at radius 1 is 1.13 bits per heavy atom. The summed E-state index contributed by atoms with van der Waals surface area (Å²) in [5, 5.41) is 5.87. The molecule has 2 N–H and O–H groups in total. The lowest BCUT2D eigenvalue weighted by Crippen LogP contribution is -2.62. The van der Waals surface area contributed by atoms with Crippen molar-refractivity contribution in [2.24, 2.45) is 5.41 Å². The average molecular weight is 445 g/mol. The molecule has 1 saturated carbocycles.